The predicted molar refractivity (Wildman–Crippen MR) is 102 cm³/mol. The molecule has 2 rings (SSSR count). The van der Waals surface area contributed by atoms with E-state index in [1.165, 1.54) is 6.92 Å². The number of nitrogens with one attached hydrogen (secondary N) is 1. The Morgan fingerprint density at radius 1 is 1.07 bits per heavy atom. The highest BCUT2D eigenvalue weighted by Crippen LogP contribution is 2.34. The molecule has 0 atom stereocenters. The average molecular weight is 407 g/mol. The number of amides is 1. The van der Waals surface area contributed by atoms with Crippen molar-refractivity contribution in [3.63, 3.8) is 0 Å². The van der Waals surface area contributed by atoms with Crippen LogP contribution in [0.3, 0.4) is 0 Å². The van der Waals surface area contributed by atoms with Crippen molar-refractivity contribution < 1.29 is 24.2 Å². The fourth-order valence-electron chi connectivity index (χ4n) is 2.53. The highest BCUT2D eigenvalue weighted by atomic mass is 32.1. The SMILES string of the molecule is CCOC(=O)c1c(NC(=O)c2cc([N+](=O)[O-])c(C)c([N+](=O)[O-])c2)sc(C)c1C. The van der Waals surface area contributed by atoms with Gasteiger partial charge in [-0.25, -0.2) is 4.79 Å². The first-order valence-corrected chi connectivity index (χ1v) is 8.92. The van der Waals surface area contributed by atoms with Gasteiger partial charge in [-0.15, -0.1) is 11.3 Å². The van der Waals surface area contributed by atoms with Gasteiger partial charge in [0.15, 0.2) is 0 Å². The molecule has 28 heavy (non-hydrogen) atoms. The van der Waals surface area contributed by atoms with Crippen LogP contribution in [0.25, 0.3) is 0 Å². The molecule has 1 aromatic carbocycles. The Morgan fingerprint density at radius 2 is 1.61 bits per heavy atom. The number of benzene rings is 1. The number of hydrogen-bond donors (Lipinski definition) is 1. The molecule has 0 fully saturated rings. The number of thiophene rings is 1. The molecule has 0 aliphatic heterocycles. The lowest BCUT2D eigenvalue weighted by Crippen LogP contribution is -2.15. The van der Waals surface area contributed by atoms with Crippen molar-refractivity contribution in [1.29, 1.82) is 0 Å². The Balaban J connectivity index is 2.49. The summed E-state index contributed by atoms with van der Waals surface area (Å²) in [5.41, 5.74) is -0.662. The molecule has 1 N–H and O–H groups in total. The third kappa shape index (κ3) is 3.98. The van der Waals surface area contributed by atoms with E-state index in [4.69, 9.17) is 4.74 Å². The maximum Gasteiger partial charge on any atom is 0.341 e. The minimum absolute atomic E-state index is 0.150. The molecule has 0 radical (unpaired) electrons. The normalized spacial score (nSPS) is 10.4. The van der Waals surface area contributed by atoms with Gasteiger partial charge < -0.3 is 10.1 Å². The molecule has 1 aromatic heterocycles. The number of nitrogens with zero attached hydrogens (tertiary/aromatic N) is 2. The first-order valence-electron chi connectivity index (χ1n) is 8.10. The Labute approximate surface area is 163 Å². The van der Waals surface area contributed by atoms with Crippen molar-refractivity contribution >= 4 is 39.6 Å². The van der Waals surface area contributed by atoms with Gasteiger partial charge in [-0.2, -0.15) is 0 Å². The van der Waals surface area contributed by atoms with Crippen LogP contribution in [0.5, 0.6) is 0 Å². The maximum absolute atomic E-state index is 12.6. The summed E-state index contributed by atoms with van der Waals surface area (Å²) in [7, 11) is 0. The molecule has 1 heterocycles. The number of carbonyl (C=O) groups excluding carboxylic acids is 2. The Kier molecular flexibility index (Phi) is 6.09. The van der Waals surface area contributed by atoms with Crippen LogP contribution in [0.4, 0.5) is 16.4 Å². The number of rotatable bonds is 6. The standard InChI is InChI=1S/C17H17N3O7S/c1-5-27-17(22)14-8(2)10(4)28-16(14)18-15(21)11-6-12(19(23)24)9(3)13(7-11)20(25)26/h6-7H,5H2,1-4H3,(H,18,21). The summed E-state index contributed by atoms with van der Waals surface area (Å²) in [6, 6.07) is 1.93. The largest absolute Gasteiger partial charge is 0.462 e. The van der Waals surface area contributed by atoms with Crippen LogP contribution in [-0.2, 0) is 4.74 Å². The van der Waals surface area contributed by atoms with Gasteiger partial charge >= 0.3 is 5.97 Å². The summed E-state index contributed by atoms with van der Waals surface area (Å²) >= 11 is 1.14. The van der Waals surface area contributed by atoms with Gasteiger partial charge in [0.1, 0.15) is 10.6 Å². The second-order valence-corrected chi connectivity index (χ2v) is 7.04. The lowest BCUT2D eigenvalue weighted by Gasteiger charge is -2.08. The van der Waals surface area contributed by atoms with E-state index in [1.54, 1.807) is 20.8 Å². The first kappa shape index (κ1) is 21.0. The molecule has 0 bridgehead atoms. The number of aryl methyl sites for hydroxylation is 1. The Morgan fingerprint density at radius 3 is 2.07 bits per heavy atom. The topological polar surface area (TPSA) is 142 Å². The lowest BCUT2D eigenvalue weighted by molar-refractivity contribution is -0.395. The highest BCUT2D eigenvalue weighted by Gasteiger charge is 2.27. The molecule has 2 aromatic rings. The molecule has 0 aliphatic carbocycles. The number of nitro benzene ring substituents is 2. The van der Waals surface area contributed by atoms with Crippen molar-refractivity contribution in [2.45, 2.75) is 27.7 Å². The Hall–Kier alpha value is -3.34. The average Bonchev–Trinajstić information content (AvgIpc) is 2.88. The van der Waals surface area contributed by atoms with Crippen LogP contribution in [0.1, 0.15) is 43.6 Å². The van der Waals surface area contributed by atoms with Crippen molar-refractivity contribution in [1.82, 2.24) is 0 Å². The molecule has 11 heteroatoms. The van der Waals surface area contributed by atoms with Gasteiger partial charge in [-0.05, 0) is 33.3 Å². The van der Waals surface area contributed by atoms with Crippen LogP contribution in [0.15, 0.2) is 12.1 Å². The molecule has 10 nitrogen and oxygen atoms in total. The number of esters is 1. The molecule has 1 amide bonds. The van der Waals surface area contributed by atoms with Crippen LogP contribution >= 0.6 is 11.3 Å². The maximum atomic E-state index is 12.6. The van der Waals surface area contributed by atoms with Crippen molar-refractivity contribution in [2.75, 3.05) is 11.9 Å². The summed E-state index contributed by atoms with van der Waals surface area (Å²) in [6.45, 7) is 6.50. The number of hydrogen-bond acceptors (Lipinski definition) is 8. The predicted octanol–water partition coefficient (Wildman–Crippen LogP) is 3.92. The lowest BCUT2D eigenvalue weighted by atomic mass is 10.1. The molecule has 0 aliphatic rings. The van der Waals surface area contributed by atoms with E-state index >= 15 is 0 Å². The first-order chi connectivity index (χ1) is 13.1. The number of carbonyl (C=O) groups is 2. The van der Waals surface area contributed by atoms with Gasteiger partial charge in [0, 0.05) is 17.0 Å². The second kappa shape index (κ2) is 8.13. The smallest absolute Gasteiger partial charge is 0.341 e. The van der Waals surface area contributed by atoms with E-state index in [1.807, 2.05) is 0 Å². The van der Waals surface area contributed by atoms with E-state index in [0.717, 1.165) is 28.3 Å². The number of anilines is 1. The second-order valence-electron chi connectivity index (χ2n) is 5.82. The molecular formula is C17H17N3O7S. The number of nitro groups is 2. The molecule has 0 saturated carbocycles. The summed E-state index contributed by atoms with van der Waals surface area (Å²) < 4.78 is 5.00. The molecule has 148 valence electrons. The van der Waals surface area contributed by atoms with E-state index in [-0.39, 0.29) is 28.3 Å². The molecule has 0 saturated heterocycles. The summed E-state index contributed by atoms with van der Waals surface area (Å²) in [4.78, 5) is 46.4. The number of ether oxygens (including phenoxy) is 1. The van der Waals surface area contributed by atoms with Gasteiger partial charge in [-0.1, -0.05) is 0 Å². The van der Waals surface area contributed by atoms with E-state index in [2.05, 4.69) is 5.32 Å². The van der Waals surface area contributed by atoms with Crippen molar-refractivity contribution in [2.24, 2.45) is 0 Å². The van der Waals surface area contributed by atoms with Crippen LogP contribution in [-0.4, -0.2) is 28.3 Å². The zero-order chi connectivity index (χ0) is 21.2. The van der Waals surface area contributed by atoms with Crippen LogP contribution in [0, 0.1) is 41.0 Å². The summed E-state index contributed by atoms with van der Waals surface area (Å²) in [5.74, 6) is -1.42. The van der Waals surface area contributed by atoms with Crippen molar-refractivity contribution in [3.8, 4) is 0 Å². The van der Waals surface area contributed by atoms with Crippen LogP contribution < -0.4 is 5.32 Å². The Bertz CT molecular complexity index is 962. The zero-order valence-corrected chi connectivity index (χ0v) is 16.3. The third-order valence-electron chi connectivity index (χ3n) is 4.10. The quantitative estimate of drug-likeness (QED) is 0.434. The minimum Gasteiger partial charge on any atom is -0.462 e. The van der Waals surface area contributed by atoms with Crippen LogP contribution in [0.2, 0.25) is 0 Å². The van der Waals surface area contributed by atoms with Gasteiger partial charge in [0.2, 0.25) is 0 Å². The van der Waals surface area contributed by atoms with Gasteiger partial charge in [0.25, 0.3) is 17.3 Å². The summed E-state index contributed by atoms with van der Waals surface area (Å²) in [5, 5.41) is 25.1. The summed E-state index contributed by atoms with van der Waals surface area (Å²) in [6.07, 6.45) is 0. The molecule has 0 unspecified atom stereocenters. The minimum atomic E-state index is -0.807. The van der Waals surface area contributed by atoms with E-state index < -0.39 is 33.1 Å². The van der Waals surface area contributed by atoms with Gasteiger partial charge in [0.05, 0.1) is 27.6 Å². The van der Waals surface area contributed by atoms with E-state index in [9.17, 15) is 29.8 Å². The zero-order valence-electron chi connectivity index (χ0n) is 15.5. The van der Waals surface area contributed by atoms with Gasteiger partial charge in [-0.3, -0.25) is 25.0 Å². The van der Waals surface area contributed by atoms with E-state index in [0.29, 0.717) is 5.56 Å². The fourth-order valence-corrected chi connectivity index (χ4v) is 3.58. The van der Waals surface area contributed by atoms with Crippen molar-refractivity contribution in [3.05, 3.63) is 59.5 Å². The molecular weight excluding hydrogens is 390 g/mol. The molecule has 0 spiro atoms. The third-order valence-corrected chi connectivity index (χ3v) is 5.22. The fraction of sp³-hybridized carbons (Fsp3) is 0.294. The highest BCUT2D eigenvalue weighted by molar-refractivity contribution is 7.16. The monoisotopic (exact) mass is 407 g/mol.